The van der Waals surface area contributed by atoms with Crippen LogP contribution in [0, 0.1) is 0 Å². The molecule has 1 aliphatic rings. The van der Waals surface area contributed by atoms with Gasteiger partial charge in [0.25, 0.3) is 10.0 Å². The maximum absolute atomic E-state index is 13.5. The molecule has 0 bridgehead atoms. The lowest BCUT2D eigenvalue weighted by Gasteiger charge is -2.28. The summed E-state index contributed by atoms with van der Waals surface area (Å²) < 4.78 is 45.3. The van der Waals surface area contributed by atoms with E-state index in [0.29, 0.717) is 23.9 Å². The lowest BCUT2D eigenvalue weighted by Crippen LogP contribution is -2.45. The van der Waals surface area contributed by atoms with Crippen LogP contribution in [-0.2, 0) is 14.8 Å². The van der Waals surface area contributed by atoms with E-state index >= 15 is 0 Å². The quantitative estimate of drug-likeness (QED) is 0.503. The van der Waals surface area contributed by atoms with Crippen molar-refractivity contribution in [1.82, 2.24) is 5.32 Å². The van der Waals surface area contributed by atoms with Crippen molar-refractivity contribution in [2.24, 2.45) is 0 Å². The Balaban J connectivity index is 1.52. The van der Waals surface area contributed by atoms with Crippen LogP contribution in [0.1, 0.15) is 6.92 Å². The molecule has 0 saturated heterocycles. The van der Waals surface area contributed by atoms with Gasteiger partial charge in [-0.2, -0.15) is 0 Å². The first kappa shape index (κ1) is 23.4. The van der Waals surface area contributed by atoms with Crippen LogP contribution in [0.2, 0.25) is 0 Å². The highest BCUT2D eigenvalue weighted by atomic mass is 32.2. The second kappa shape index (κ2) is 10.5. The van der Waals surface area contributed by atoms with Gasteiger partial charge in [-0.1, -0.05) is 42.5 Å². The Morgan fingerprint density at radius 1 is 1.00 bits per heavy atom. The molecule has 0 saturated carbocycles. The normalized spacial score (nSPS) is 14.8. The van der Waals surface area contributed by atoms with Crippen LogP contribution < -0.4 is 23.8 Å². The summed E-state index contributed by atoms with van der Waals surface area (Å²) >= 11 is 0. The van der Waals surface area contributed by atoms with Crippen LogP contribution >= 0.6 is 0 Å². The SMILES string of the molecule is CCOc1ccccc1N(CC(=O)NC[C@@H]1COc2ccccc2O1)S(=O)(=O)c1ccccc1. The summed E-state index contributed by atoms with van der Waals surface area (Å²) in [4.78, 5) is 13.0. The smallest absolute Gasteiger partial charge is 0.264 e. The molecule has 3 aromatic rings. The minimum absolute atomic E-state index is 0.0784. The molecule has 0 spiro atoms. The summed E-state index contributed by atoms with van der Waals surface area (Å²) in [5, 5.41) is 2.77. The third-order valence-electron chi connectivity index (χ3n) is 5.15. The Morgan fingerprint density at radius 3 is 2.44 bits per heavy atom. The molecule has 1 amide bonds. The van der Waals surface area contributed by atoms with E-state index < -0.39 is 28.6 Å². The van der Waals surface area contributed by atoms with Crippen molar-refractivity contribution in [3.05, 3.63) is 78.9 Å². The van der Waals surface area contributed by atoms with Gasteiger partial charge in [-0.05, 0) is 43.3 Å². The Bertz CT molecular complexity index is 1230. The van der Waals surface area contributed by atoms with Crippen LogP contribution in [0.25, 0.3) is 0 Å². The van der Waals surface area contributed by atoms with Crippen LogP contribution in [0.15, 0.2) is 83.8 Å². The number of rotatable bonds is 9. The fourth-order valence-electron chi connectivity index (χ4n) is 3.54. The van der Waals surface area contributed by atoms with E-state index in [2.05, 4.69) is 5.32 Å². The lowest BCUT2D eigenvalue weighted by molar-refractivity contribution is -0.120. The van der Waals surface area contributed by atoms with E-state index in [9.17, 15) is 13.2 Å². The number of nitrogens with one attached hydrogen (secondary N) is 1. The first-order valence-corrected chi connectivity index (χ1v) is 12.4. The van der Waals surface area contributed by atoms with Crippen molar-refractivity contribution in [2.75, 3.05) is 30.6 Å². The number of amides is 1. The minimum Gasteiger partial charge on any atom is -0.492 e. The largest absolute Gasteiger partial charge is 0.492 e. The number of sulfonamides is 1. The average molecular weight is 483 g/mol. The highest BCUT2D eigenvalue weighted by Gasteiger charge is 2.30. The molecular formula is C25H26N2O6S. The van der Waals surface area contributed by atoms with E-state index in [-0.39, 0.29) is 23.7 Å². The Kier molecular flexibility index (Phi) is 7.22. The van der Waals surface area contributed by atoms with E-state index in [1.54, 1.807) is 48.5 Å². The molecular weight excluding hydrogens is 456 g/mol. The third-order valence-corrected chi connectivity index (χ3v) is 6.92. The third kappa shape index (κ3) is 5.26. The van der Waals surface area contributed by atoms with Crippen molar-refractivity contribution in [2.45, 2.75) is 17.9 Å². The summed E-state index contributed by atoms with van der Waals surface area (Å²) in [5.41, 5.74) is 0.287. The molecule has 1 N–H and O–H groups in total. The highest BCUT2D eigenvalue weighted by Crippen LogP contribution is 2.33. The van der Waals surface area contributed by atoms with Crippen LogP contribution in [0.4, 0.5) is 5.69 Å². The summed E-state index contributed by atoms with van der Waals surface area (Å²) in [6.07, 6.45) is -0.395. The molecule has 0 aliphatic carbocycles. The molecule has 9 heteroatoms. The zero-order chi connectivity index (χ0) is 24.0. The fourth-order valence-corrected chi connectivity index (χ4v) is 4.99. The molecule has 0 unspecified atom stereocenters. The zero-order valence-electron chi connectivity index (χ0n) is 18.7. The number of nitrogens with zero attached hydrogens (tertiary/aromatic N) is 1. The molecule has 178 valence electrons. The summed E-state index contributed by atoms with van der Waals surface area (Å²) in [6.45, 7) is 2.17. The van der Waals surface area contributed by atoms with Gasteiger partial charge in [0.2, 0.25) is 5.91 Å². The van der Waals surface area contributed by atoms with Gasteiger partial charge in [0.1, 0.15) is 25.0 Å². The number of hydrogen-bond donors (Lipinski definition) is 1. The van der Waals surface area contributed by atoms with Crippen LogP contribution in [-0.4, -0.2) is 46.7 Å². The van der Waals surface area contributed by atoms with Gasteiger partial charge in [0.15, 0.2) is 11.5 Å². The number of para-hydroxylation sites is 4. The number of carbonyl (C=O) groups is 1. The first-order valence-electron chi connectivity index (χ1n) is 10.9. The predicted molar refractivity (Wildman–Crippen MR) is 128 cm³/mol. The van der Waals surface area contributed by atoms with E-state index in [4.69, 9.17) is 14.2 Å². The molecule has 34 heavy (non-hydrogen) atoms. The second-order valence-corrected chi connectivity index (χ2v) is 9.39. The first-order chi connectivity index (χ1) is 16.5. The number of hydrogen-bond acceptors (Lipinski definition) is 6. The van der Waals surface area contributed by atoms with Crippen molar-refractivity contribution in [1.29, 1.82) is 0 Å². The Labute approximate surface area is 199 Å². The lowest BCUT2D eigenvalue weighted by atomic mass is 10.2. The van der Waals surface area contributed by atoms with Gasteiger partial charge in [-0.3, -0.25) is 9.10 Å². The van der Waals surface area contributed by atoms with Gasteiger partial charge in [0.05, 0.1) is 23.7 Å². The van der Waals surface area contributed by atoms with Gasteiger partial charge >= 0.3 is 0 Å². The molecule has 0 aromatic heterocycles. The standard InChI is InChI=1S/C25H26N2O6S/c1-2-31-22-13-7-6-12-21(22)27(34(29,30)20-10-4-3-5-11-20)17-25(28)26-16-19-18-32-23-14-8-9-15-24(23)33-19/h3-15,19H,2,16-18H2,1H3,(H,26,28)/t19-/m1/s1. The van der Waals surface area contributed by atoms with Crippen LogP contribution in [0.3, 0.4) is 0 Å². The predicted octanol–water partition coefficient (Wildman–Crippen LogP) is 3.24. The molecule has 0 fully saturated rings. The molecule has 3 aromatic carbocycles. The summed E-state index contributed by atoms with van der Waals surface area (Å²) in [7, 11) is -4.04. The summed E-state index contributed by atoms with van der Waals surface area (Å²) in [6, 6.07) is 22.0. The van der Waals surface area contributed by atoms with Gasteiger partial charge in [-0.15, -0.1) is 0 Å². The number of anilines is 1. The average Bonchev–Trinajstić information content (AvgIpc) is 2.87. The zero-order valence-corrected chi connectivity index (χ0v) is 19.5. The number of benzene rings is 3. The highest BCUT2D eigenvalue weighted by molar-refractivity contribution is 7.92. The molecule has 1 aliphatic heterocycles. The maximum atomic E-state index is 13.5. The van der Waals surface area contributed by atoms with E-state index in [1.165, 1.54) is 12.1 Å². The van der Waals surface area contributed by atoms with Crippen molar-refractivity contribution < 1.29 is 27.4 Å². The van der Waals surface area contributed by atoms with Gasteiger partial charge < -0.3 is 19.5 Å². The molecule has 1 heterocycles. The van der Waals surface area contributed by atoms with Gasteiger partial charge in [-0.25, -0.2) is 8.42 Å². The van der Waals surface area contributed by atoms with Gasteiger partial charge in [0, 0.05) is 0 Å². The summed E-state index contributed by atoms with van der Waals surface area (Å²) in [5.74, 6) is 1.15. The van der Waals surface area contributed by atoms with Crippen molar-refractivity contribution in [3.63, 3.8) is 0 Å². The number of carbonyl (C=O) groups excluding carboxylic acids is 1. The maximum Gasteiger partial charge on any atom is 0.264 e. The Morgan fingerprint density at radius 2 is 1.68 bits per heavy atom. The van der Waals surface area contributed by atoms with E-state index in [0.717, 1.165) is 4.31 Å². The van der Waals surface area contributed by atoms with Crippen LogP contribution in [0.5, 0.6) is 17.2 Å². The van der Waals surface area contributed by atoms with Crippen molar-refractivity contribution in [3.8, 4) is 17.2 Å². The van der Waals surface area contributed by atoms with Crippen molar-refractivity contribution >= 4 is 21.6 Å². The second-order valence-electron chi connectivity index (χ2n) is 7.53. The fraction of sp³-hybridized carbons (Fsp3) is 0.240. The molecule has 0 radical (unpaired) electrons. The number of ether oxygens (including phenoxy) is 3. The Hall–Kier alpha value is -3.72. The topological polar surface area (TPSA) is 94.2 Å². The minimum atomic E-state index is -4.04. The molecule has 4 rings (SSSR count). The molecule has 1 atom stereocenters. The monoisotopic (exact) mass is 482 g/mol. The molecule has 8 nitrogen and oxygen atoms in total. The van der Waals surface area contributed by atoms with E-state index in [1.807, 2.05) is 25.1 Å². The number of fused-ring (bicyclic) bond motifs is 1.